The Morgan fingerprint density at radius 1 is 0.929 bits per heavy atom. The minimum Gasteiger partial charge on any atom is -0.420 e. The van der Waals surface area contributed by atoms with Gasteiger partial charge < -0.3 is 16.5 Å². The van der Waals surface area contributed by atoms with Crippen LogP contribution in [0.2, 0.25) is 32.2 Å². The van der Waals surface area contributed by atoms with E-state index < -0.39 is 36.4 Å². The van der Waals surface area contributed by atoms with E-state index in [2.05, 4.69) is 33.1 Å². The maximum Gasteiger partial charge on any atom is 0.316 e. The van der Waals surface area contributed by atoms with Gasteiger partial charge in [-0.05, 0) is 32.2 Å². The summed E-state index contributed by atoms with van der Waals surface area (Å²) in [7, 11) is -6.41. The maximum atomic E-state index is 5.99. The molecule has 1 aliphatic heterocycles. The molecule has 1 aliphatic rings. The van der Waals surface area contributed by atoms with Crippen LogP contribution in [0.4, 0.5) is 0 Å². The van der Waals surface area contributed by atoms with Crippen LogP contribution in [0.1, 0.15) is 6.92 Å². The molecule has 14 heavy (non-hydrogen) atoms. The van der Waals surface area contributed by atoms with E-state index in [1.165, 1.54) is 0 Å². The minimum atomic E-state index is -1.95. The fourth-order valence-electron chi connectivity index (χ4n) is 1.52. The molecule has 0 saturated carbocycles. The van der Waals surface area contributed by atoms with Crippen LogP contribution >= 0.6 is 0 Å². The van der Waals surface area contributed by atoms with Gasteiger partial charge in [-0.15, -0.1) is 0 Å². The molecule has 0 radical (unpaired) electrons. The summed E-state index contributed by atoms with van der Waals surface area (Å²) in [5.74, 6) is 0. The molecule has 1 saturated heterocycles. The molecule has 0 spiro atoms. The minimum absolute atomic E-state index is 0.977. The van der Waals surface area contributed by atoms with Crippen molar-refractivity contribution < 1.29 is 16.5 Å². The molecule has 0 bridgehead atoms. The third-order valence-corrected chi connectivity index (χ3v) is 16.3. The van der Waals surface area contributed by atoms with Gasteiger partial charge in [-0.2, -0.15) is 0 Å². The van der Waals surface area contributed by atoms with Crippen molar-refractivity contribution in [2.45, 2.75) is 39.2 Å². The fraction of sp³-hybridized carbons (Fsp3) is 1.00. The van der Waals surface area contributed by atoms with Gasteiger partial charge >= 0.3 is 8.56 Å². The van der Waals surface area contributed by atoms with Gasteiger partial charge in [0.2, 0.25) is 0 Å². The van der Waals surface area contributed by atoms with Crippen LogP contribution in [0.3, 0.4) is 0 Å². The van der Waals surface area contributed by atoms with Crippen molar-refractivity contribution in [2.75, 3.05) is 0 Å². The highest BCUT2D eigenvalue weighted by atomic mass is 28.5. The summed E-state index contributed by atoms with van der Waals surface area (Å²) in [5.41, 5.74) is 0. The van der Waals surface area contributed by atoms with Gasteiger partial charge in [0.15, 0.2) is 0 Å². The van der Waals surface area contributed by atoms with Gasteiger partial charge in [-0.25, -0.2) is 0 Å². The standard InChI is InChI=1S/C6H20O4Si4/c1-6-14(5)9-12(3)7-11(2)8-13(4)10-14/h11-13H,6H2,1-5H3. The first-order chi connectivity index (χ1) is 6.45. The Kier molecular flexibility index (Phi) is 4.71. The molecule has 0 aromatic carbocycles. The van der Waals surface area contributed by atoms with E-state index in [-0.39, 0.29) is 0 Å². The molecule has 0 N–H and O–H groups in total. The summed E-state index contributed by atoms with van der Waals surface area (Å²) in [6.07, 6.45) is 0. The monoisotopic (exact) mass is 268 g/mol. The first-order valence-electron chi connectivity index (χ1n) is 5.12. The van der Waals surface area contributed by atoms with Crippen LogP contribution in [-0.4, -0.2) is 36.4 Å². The molecule has 1 rings (SSSR count). The normalized spacial score (nSPS) is 45.6. The molecular formula is C6H20O4Si4. The quantitative estimate of drug-likeness (QED) is 0.657. The molecule has 8 heteroatoms. The van der Waals surface area contributed by atoms with Gasteiger partial charge in [-0.1, -0.05) is 6.92 Å². The molecule has 84 valence electrons. The average Bonchev–Trinajstić information content (AvgIpc) is 2.00. The van der Waals surface area contributed by atoms with E-state index in [1.807, 2.05) is 0 Å². The molecule has 2 unspecified atom stereocenters. The van der Waals surface area contributed by atoms with Gasteiger partial charge in [0.05, 0.1) is 0 Å². The van der Waals surface area contributed by atoms with E-state index >= 15 is 0 Å². The van der Waals surface area contributed by atoms with Gasteiger partial charge in [0, 0.05) is 0 Å². The number of rotatable bonds is 1. The molecule has 0 aromatic rings. The second-order valence-corrected chi connectivity index (χ2v) is 14.1. The van der Waals surface area contributed by atoms with Crippen molar-refractivity contribution in [3.8, 4) is 0 Å². The van der Waals surface area contributed by atoms with Crippen LogP contribution in [0.25, 0.3) is 0 Å². The predicted molar refractivity (Wildman–Crippen MR) is 65.5 cm³/mol. The van der Waals surface area contributed by atoms with Crippen LogP contribution in [-0.2, 0) is 16.5 Å². The molecule has 4 nitrogen and oxygen atoms in total. The van der Waals surface area contributed by atoms with E-state index in [1.54, 1.807) is 0 Å². The van der Waals surface area contributed by atoms with Crippen LogP contribution in [0.5, 0.6) is 0 Å². The first kappa shape index (κ1) is 12.8. The van der Waals surface area contributed by atoms with E-state index in [4.69, 9.17) is 16.5 Å². The summed E-state index contributed by atoms with van der Waals surface area (Å²) in [4.78, 5) is 0. The van der Waals surface area contributed by atoms with Crippen molar-refractivity contribution in [2.24, 2.45) is 0 Å². The van der Waals surface area contributed by atoms with Crippen molar-refractivity contribution in [3.05, 3.63) is 0 Å². The summed E-state index contributed by atoms with van der Waals surface area (Å²) in [5, 5.41) is 0. The molecular weight excluding hydrogens is 248 g/mol. The largest absolute Gasteiger partial charge is 0.420 e. The third-order valence-electron chi connectivity index (χ3n) is 2.24. The lowest BCUT2D eigenvalue weighted by Gasteiger charge is -2.36. The molecule has 1 heterocycles. The Morgan fingerprint density at radius 3 is 1.71 bits per heavy atom. The lowest BCUT2D eigenvalue weighted by Crippen LogP contribution is -2.52. The van der Waals surface area contributed by atoms with E-state index in [0.717, 1.165) is 6.04 Å². The van der Waals surface area contributed by atoms with Crippen LogP contribution < -0.4 is 0 Å². The van der Waals surface area contributed by atoms with Crippen LogP contribution in [0, 0.1) is 0 Å². The maximum absolute atomic E-state index is 5.99. The summed E-state index contributed by atoms with van der Waals surface area (Å²) in [6, 6.07) is 0.977. The Balaban J connectivity index is 2.65. The SMILES string of the molecule is CC[Si]1(C)O[SiH](C)O[SiH](C)O[SiH](C)O1. The Labute approximate surface area is 92.3 Å². The van der Waals surface area contributed by atoms with Crippen molar-refractivity contribution in [1.82, 2.24) is 0 Å². The summed E-state index contributed by atoms with van der Waals surface area (Å²) < 4.78 is 23.5. The highest BCUT2D eigenvalue weighted by molar-refractivity contribution is 6.81. The second-order valence-electron chi connectivity index (χ2n) is 3.70. The third kappa shape index (κ3) is 3.70. The Bertz CT molecular complexity index is 179. The zero-order valence-electron chi connectivity index (χ0n) is 9.57. The molecule has 1 fully saturated rings. The summed E-state index contributed by atoms with van der Waals surface area (Å²) in [6.45, 7) is 10.4. The summed E-state index contributed by atoms with van der Waals surface area (Å²) >= 11 is 0. The van der Waals surface area contributed by atoms with Crippen molar-refractivity contribution >= 4 is 36.4 Å². The van der Waals surface area contributed by atoms with Gasteiger partial charge in [0.25, 0.3) is 27.9 Å². The molecule has 2 atom stereocenters. The smallest absolute Gasteiger partial charge is 0.316 e. The number of hydrogen-bond donors (Lipinski definition) is 0. The first-order valence-corrected chi connectivity index (χ1v) is 13.9. The Morgan fingerprint density at radius 2 is 1.36 bits per heavy atom. The molecule has 0 amide bonds. The van der Waals surface area contributed by atoms with E-state index in [9.17, 15) is 0 Å². The topological polar surface area (TPSA) is 36.9 Å². The highest BCUT2D eigenvalue weighted by Crippen LogP contribution is 2.19. The molecule has 0 aliphatic carbocycles. The zero-order valence-corrected chi connectivity index (χ0v) is 14.0. The van der Waals surface area contributed by atoms with Crippen LogP contribution in [0.15, 0.2) is 0 Å². The van der Waals surface area contributed by atoms with Crippen molar-refractivity contribution in [1.29, 1.82) is 0 Å². The number of hydrogen-bond acceptors (Lipinski definition) is 4. The second kappa shape index (κ2) is 5.16. The zero-order chi connectivity index (χ0) is 10.8. The van der Waals surface area contributed by atoms with Crippen molar-refractivity contribution in [3.63, 3.8) is 0 Å². The predicted octanol–water partition coefficient (Wildman–Crippen LogP) is 0.709. The van der Waals surface area contributed by atoms with E-state index in [0.29, 0.717) is 0 Å². The highest BCUT2D eigenvalue weighted by Gasteiger charge is 2.37. The van der Waals surface area contributed by atoms with Gasteiger partial charge in [0.1, 0.15) is 0 Å². The lowest BCUT2D eigenvalue weighted by atomic mass is 11.0. The van der Waals surface area contributed by atoms with Gasteiger partial charge in [-0.3, -0.25) is 0 Å². The fourth-order valence-corrected chi connectivity index (χ4v) is 15.8. The lowest BCUT2D eigenvalue weighted by molar-refractivity contribution is 0.275. The molecule has 0 aromatic heterocycles. The Hall–Kier alpha value is 0.708. The average molecular weight is 269 g/mol.